The molecule has 1 fully saturated rings. The van der Waals surface area contributed by atoms with Gasteiger partial charge in [0.15, 0.2) is 0 Å². The summed E-state index contributed by atoms with van der Waals surface area (Å²) in [6.07, 6.45) is 0.797. The number of rotatable bonds is 3. The summed E-state index contributed by atoms with van der Waals surface area (Å²) in [6, 6.07) is 6.95. The fourth-order valence-corrected chi connectivity index (χ4v) is 3.07. The first-order valence-corrected chi connectivity index (χ1v) is 8.12. The lowest BCUT2D eigenvalue weighted by atomic mass is 9.82. The van der Waals surface area contributed by atoms with Crippen LogP contribution in [0.3, 0.4) is 0 Å². The van der Waals surface area contributed by atoms with Crippen molar-refractivity contribution in [3.8, 4) is 5.69 Å². The molecule has 3 rings (SSSR count). The number of carbonyl (C=O) groups is 1. The van der Waals surface area contributed by atoms with Gasteiger partial charge < -0.3 is 11.1 Å². The first kappa shape index (κ1) is 17.5. The summed E-state index contributed by atoms with van der Waals surface area (Å²) in [5.74, 6) is -0.255. The van der Waals surface area contributed by atoms with E-state index in [1.807, 2.05) is 0 Å². The molecule has 0 bridgehead atoms. The van der Waals surface area contributed by atoms with Crippen LogP contribution < -0.4 is 11.1 Å². The standard InChI is InChI=1S/C17H19F3N4O/c18-17(19,20)14-8-11-22-24(14)13-6-4-12(5-7-13)23-15(25)16(21)9-2-1-3-10-16/h4-8,11H,1-3,9-10,21H2,(H,23,25). The van der Waals surface area contributed by atoms with E-state index in [1.165, 1.54) is 12.1 Å². The highest BCUT2D eigenvalue weighted by molar-refractivity contribution is 5.98. The van der Waals surface area contributed by atoms with E-state index in [0.29, 0.717) is 18.5 Å². The van der Waals surface area contributed by atoms with Crippen LogP contribution in [-0.2, 0) is 11.0 Å². The Morgan fingerprint density at radius 1 is 1.12 bits per heavy atom. The Hall–Kier alpha value is -2.35. The van der Waals surface area contributed by atoms with E-state index < -0.39 is 17.4 Å². The molecule has 25 heavy (non-hydrogen) atoms. The minimum absolute atomic E-state index is 0.255. The minimum Gasteiger partial charge on any atom is -0.324 e. The predicted molar refractivity (Wildman–Crippen MR) is 87.2 cm³/mol. The van der Waals surface area contributed by atoms with Crippen LogP contribution in [0.5, 0.6) is 0 Å². The van der Waals surface area contributed by atoms with Crippen LogP contribution in [0.25, 0.3) is 5.69 Å². The summed E-state index contributed by atoms with van der Waals surface area (Å²) in [4.78, 5) is 12.4. The Balaban J connectivity index is 1.75. The van der Waals surface area contributed by atoms with E-state index in [0.717, 1.165) is 36.2 Å². The van der Waals surface area contributed by atoms with Crippen molar-refractivity contribution >= 4 is 11.6 Å². The maximum atomic E-state index is 12.9. The van der Waals surface area contributed by atoms with Gasteiger partial charge in [-0.3, -0.25) is 4.79 Å². The molecule has 0 unspecified atom stereocenters. The molecule has 0 radical (unpaired) electrons. The summed E-state index contributed by atoms with van der Waals surface area (Å²) in [5.41, 5.74) is 5.20. The number of nitrogens with zero attached hydrogens (tertiary/aromatic N) is 2. The highest BCUT2D eigenvalue weighted by Gasteiger charge is 2.36. The van der Waals surface area contributed by atoms with Gasteiger partial charge >= 0.3 is 6.18 Å². The highest BCUT2D eigenvalue weighted by atomic mass is 19.4. The van der Waals surface area contributed by atoms with Crippen molar-refractivity contribution in [2.24, 2.45) is 5.73 Å². The molecule has 1 aliphatic carbocycles. The molecule has 1 aromatic carbocycles. The number of anilines is 1. The van der Waals surface area contributed by atoms with Crippen molar-refractivity contribution in [1.29, 1.82) is 0 Å². The van der Waals surface area contributed by atoms with Crippen LogP contribution in [-0.4, -0.2) is 21.2 Å². The van der Waals surface area contributed by atoms with Crippen molar-refractivity contribution < 1.29 is 18.0 Å². The van der Waals surface area contributed by atoms with E-state index in [4.69, 9.17) is 5.73 Å². The third-order valence-corrected chi connectivity index (χ3v) is 4.50. The van der Waals surface area contributed by atoms with Crippen molar-refractivity contribution in [3.05, 3.63) is 42.2 Å². The molecule has 134 valence electrons. The van der Waals surface area contributed by atoms with Crippen molar-refractivity contribution in [2.75, 3.05) is 5.32 Å². The lowest BCUT2D eigenvalue weighted by Crippen LogP contribution is -2.52. The van der Waals surface area contributed by atoms with Gasteiger partial charge in [-0.05, 0) is 43.2 Å². The summed E-state index contributed by atoms with van der Waals surface area (Å²) >= 11 is 0. The summed E-state index contributed by atoms with van der Waals surface area (Å²) in [5, 5.41) is 6.47. The molecule has 0 atom stereocenters. The van der Waals surface area contributed by atoms with Crippen LogP contribution in [0.4, 0.5) is 18.9 Å². The molecule has 8 heteroatoms. The van der Waals surface area contributed by atoms with Gasteiger partial charge in [0.25, 0.3) is 0 Å². The largest absolute Gasteiger partial charge is 0.433 e. The topological polar surface area (TPSA) is 72.9 Å². The van der Waals surface area contributed by atoms with Gasteiger partial charge in [0.1, 0.15) is 5.69 Å². The Morgan fingerprint density at radius 2 is 1.76 bits per heavy atom. The van der Waals surface area contributed by atoms with Gasteiger partial charge in [-0.15, -0.1) is 0 Å². The quantitative estimate of drug-likeness (QED) is 0.888. The van der Waals surface area contributed by atoms with Crippen LogP contribution in [0, 0.1) is 0 Å². The Kier molecular flexibility index (Phi) is 4.55. The third-order valence-electron chi connectivity index (χ3n) is 4.50. The minimum atomic E-state index is -4.49. The molecule has 0 saturated heterocycles. The molecule has 1 heterocycles. The second-order valence-electron chi connectivity index (χ2n) is 6.34. The zero-order valence-corrected chi connectivity index (χ0v) is 13.5. The lowest BCUT2D eigenvalue weighted by molar-refractivity contribution is -0.142. The number of halogens is 3. The second-order valence-corrected chi connectivity index (χ2v) is 6.34. The molecule has 1 aromatic heterocycles. The summed E-state index contributed by atoms with van der Waals surface area (Å²) in [7, 11) is 0. The van der Waals surface area contributed by atoms with Gasteiger partial charge in [-0.1, -0.05) is 19.3 Å². The SMILES string of the molecule is NC1(C(=O)Nc2ccc(-n3nccc3C(F)(F)F)cc2)CCCCC1. The van der Waals surface area contributed by atoms with Gasteiger partial charge in [0.2, 0.25) is 5.91 Å². The average Bonchev–Trinajstić information content (AvgIpc) is 3.06. The smallest absolute Gasteiger partial charge is 0.324 e. The van der Waals surface area contributed by atoms with Crippen LogP contribution in [0.1, 0.15) is 37.8 Å². The van der Waals surface area contributed by atoms with Gasteiger partial charge in [-0.2, -0.15) is 18.3 Å². The summed E-state index contributed by atoms with van der Waals surface area (Å²) < 4.78 is 39.6. The lowest BCUT2D eigenvalue weighted by Gasteiger charge is -2.31. The number of alkyl halides is 3. The van der Waals surface area contributed by atoms with Crippen molar-refractivity contribution in [3.63, 3.8) is 0 Å². The normalized spacial score (nSPS) is 17.3. The number of amides is 1. The highest BCUT2D eigenvalue weighted by Crippen LogP contribution is 2.31. The third kappa shape index (κ3) is 3.68. The number of carbonyl (C=O) groups excluding carboxylic acids is 1. The van der Waals surface area contributed by atoms with Crippen molar-refractivity contribution in [2.45, 2.75) is 43.8 Å². The molecular formula is C17H19F3N4O. The molecule has 3 N–H and O–H groups in total. The zero-order chi connectivity index (χ0) is 18.1. The predicted octanol–water partition coefficient (Wildman–Crippen LogP) is 3.49. The first-order valence-electron chi connectivity index (χ1n) is 8.12. The molecule has 1 saturated carbocycles. The fraction of sp³-hybridized carbons (Fsp3) is 0.412. The maximum Gasteiger partial charge on any atom is 0.433 e. The zero-order valence-electron chi connectivity index (χ0n) is 13.5. The molecule has 5 nitrogen and oxygen atoms in total. The van der Waals surface area contributed by atoms with E-state index in [2.05, 4.69) is 10.4 Å². The number of hydrogen-bond acceptors (Lipinski definition) is 3. The molecule has 2 aromatic rings. The maximum absolute atomic E-state index is 12.9. The van der Waals surface area contributed by atoms with E-state index in [9.17, 15) is 18.0 Å². The number of aromatic nitrogens is 2. The molecule has 1 amide bonds. The monoisotopic (exact) mass is 352 g/mol. The van der Waals surface area contributed by atoms with E-state index in [1.54, 1.807) is 12.1 Å². The van der Waals surface area contributed by atoms with E-state index in [-0.39, 0.29) is 11.6 Å². The first-order chi connectivity index (χ1) is 11.8. The molecule has 1 aliphatic rings. The van der Waals surface area contributed by atoms with Crippen LogP contribution in [0.15, 0.2) is 36.5 Å². The Bertz CT molecular complexity index is 746. The Morgan fingerprint density at radius 3 is 2.36 bits per heavy atom. The second kappa shape index (κ2) is 6.51. The number of nitrogens with one attached hydrogen (secondary N) is 1. The van der Waals surface area contributed by atoms with Crippen LogP contribution >= 0.6 is 0 Å². The number of hydrogen-bond donors (Lipinski definition) is 2. The van der Waals surface area contributed by atoms with Gasteiger partial charge in [-0.25, -0.2) is 4.68 Å². The molecule has 0 aliphatic heterocycles. The summed E-state index contributed by atoms with van der Waals surface area (Å²) in [6.45, 7) is 0. The van der Waals surface area contributed by atoms with E-state index >= 15 is 0 Å². The van der Waals surface area contributed by atoms with Gasteiger partial charge in [0.05, 0.1) is 17.4 Å². The molecular weight excluding hydrogens is 333 g/mol. The Labute approximate surface area is 143 Å². The van der Waals surface area contributed by atoms with Gasteiger partial charge in [0, 0.05) is 5.69 Å². The number of benzene rings is 1. The number of nitrogens with two attached hydrogens (primary N) is 1. The van der Waals surface area contributed by atoms with Crippen LogP contribution in [0.2, 0.25) is 0 Å². The molecule has 0 spiro atoms. The fourth-order valence-electron chi connectivity index (χ4n) is 3.07. The van der Waals surface area contributed by atoms with Crippen molar-refractivity contribution in [1.82, 2.24) is 9.78 Å². The average molecular weight is 352 g/mol.